The fraction of sp³-hybridized carbons (Fsp3) is 0.346. The van der Waals surface area contributed by atoms with Crippen molar-refractivity contribution in [3.05, 3.63) is 93.6 Å². The molecular weight excluding hydrogens is 548 g/mol. The van der Waals surface area contributed by atoms with E-state index in [9.17, 15) is 4.79 Å². The van der Waals surface area contributed by atoms with E-state index in [-0.39, 0.29) is 11.8 Å². The molecule has 1 aliphatic rings. The van der Waals surface area contributed by atoms with Gasteiger partial charge in [0.2, 0.25) is 0 Å². The fourth-order valence-electron chi connectivity index (χ4n) is 3.29. The summed E-state index contributed by atoms with van der Waals surface area (Å²) in [6.07, 6.45) is 15.6. The Labute approximate surface area is 215 Å². The lowest BCUT2D eigenvalue weighted by atomic mass is 9.90. The number of nitrogens with zero attached hydrogens (tertiary/aromatic N) is 1. The smallest absolute Gasteiger partial charge is 0.250 e. The van der Waals surface area contributed by atoms with Gasteiger partial charge in [0, 0.05) is 33.9 Å². The van der Waals surface area contributed by atoms with Gasteiger partial charge in [0.05, 0.1) is 5.57 Å². The molecule has 0 saturated carbocycles. The molecule has 176 valence electrons. The standard InChI is InChI=1S/C25H33BrN2OS.CH3Br/c1-7-10-13-21(26)14-15-30-22-17-28(16-20(11-8-2)12-9-3)19(6)24(25(27)29)23(22)18(4)5;1-2/h7-14,18H,1-2,15-17H2,3-6H3,(H2,27,29);1H3/b12-9-,13-10-,20-11+,21-14+;. The van der Waals surface area contributed by atoms with E-state index < -0.39 is 0 Å². The molecule has 0 unspecified atom stereocenters. The molecule has 0 spiro atoms. The summed E-state index contributed by atoms with van der Waals surface area (Å²) in [6.45, 7) is 17.2. The third-order valence-electron chi connectivity index (χ3n) is 4.58. The zero-order valence-electron chi connectivity index (χ0n) is 19.8. The average molecular weight is 584 g/mol. The third-order valence-corrected chi connectivity index (χ3v) is 6.20. The first-order chi connectivity index (χ1) is 15.3. The summed E-state index contributed by atoms with van der Waals surface area (Å²) in [5.74, 6) is 2.44. The van der Waals surface area contributed by atoms with Crippen LogP contribution in [0, 0.1) is 5.92 Å². The number of nitrogens with two attached hydrogens (primary N) is 1. The Morgan fingerprint density at radius 1 is 1.25 bits per heavy atom. The number of hydrogen-bond donors (Lipinski definition) is 1. The molecule has 1 heterocycles. The summed E-state index contributed by atoms with van der Waals surface area (Å²) >= 11 is 8.24. The monoisotopic (exact) mass is 582 g/mol. The molecule has 0 radical (unpaired) electrons. The van der Waals surface area contributed by atoms with Crippen LogP contribution in [0.2, 0.25) is 0 Å². The lowest BCUT2D eigenvalue weighted by Gasteiger charge is -2.36. The van der Waals surface area contributed by atoms with Crippen LogP contribution >= 0.6 is 43.6 Å². The quantitative estimate of drug-likeness (QED) is 0.203. The van der Waals surface area contributed by atoms with Crippen molar-refractivity contribution in [1.29, 1.82) is 0 Å². The second kappa shape index (κ2) is 17.0. The highest BCUT2D eigenvalue weighted by Crippen LogP contribution is 2.38. The number of carbonyl (C=O) groups excluding carboxylic acids is 1. The van der Waals surface area contributed by atoms with E-state index in [0.29, 0.717) is 12.1 Å². The van der Waals surface area contributed by atoms with Crippen molar-refractivity contribution in [2.24, 2.45) is 11.7 Å². The normalized spacial score (nSPS) is 15.6. The van der Waals surface area contributed by atoms with Crippen LogP contribution in [-0.4, -0.2) is 35.5 Å². The maximum atomic E-state index is 12.4. The van der Waals surface area contributed by atoms with Crippen LogP contribution in [0.5, 0.6) is 0 Å². The Morgan fingerprint density at radius 3 is 2.41 bits per heavy atom. The second-order valence-corrected chi connectivity index (χ2v) is 9.17. The zero-order chi connectivity index (χ0) is 24.7. The first-order valence-corrected chi connectivity index (χ1v) is 13.7. The van der Waals surface area contributed by atoms with Crippen molar-refractivity contribution in [2.45, 2.75) is 27.7 Å². The van der Waals surface area contributed by atoms with E-state index in [4.69, 9.17) is 5.73 Å². The zero-order valence-corrected chi connectivity index (χ0v) is 23.8. The SMILES string of the molecule is C=C/C=C\C(Br)=C/CSC1=C(C(C)C)C(C(N)=O)=C(C)N(CC(/C=C\C)=C/C=C)C1.CBr. The van der Waals surface area contributed by atoms with Gasteiger partial charge in [0.15, 0.2) is 0 Å². The van der Waals surface area contributed by atoms with Crippen LogP contribution in [0.15, 0.2) is 93.6 Å². The summed E-state index contributed by atoms with van der Waals surface area (Å²) in [5.41, 5.74) is 9.61. The Balaban J connectivity index is 0.00000466. The van der Waals surface area contributed by atoms with Gasteiger partial charge in [0.1, 0.15) is 0 Å². The van der Waals surface area contributed by atoms with Crippen LogP contribution in [-0.2, 0) is 4.79 Å². The number of alkyl halides is 1. The number of primary amides is 1. The van der Waals surface area contributed by atoms with Crippen LogP contribution in [0.4, 0.5) is 0 Å². The second-order valence-electron chi connectivity index (χ2n) is 7.14. The van der Waals surface area contributed by atoms with Gasteiger partial charge in [-0.05, 0) is 42.8 Å². The van der Waals surface area contributed by atoms with Gasteiger partial charge >= 0.3 is 0 Å². The number of hydrogen-bond acceptors (Lipinski definition) is 3. The van der Waals surface area contributed by atoms with Crippen LogP contribution in [0.25, 0.3) is 0 Å². The maximum absolute atomic E-state index is 12.4. The Hall–Kier alpha value is -1.50. The van der Waals surface area contributed by atoms with Gasteiger partial charge in [-0.1, -0.05) is 101 Å². The maximum Gasteiger partial charge on any atom is 0.250 e. The highest BCUT2D eigenvalue weighted by atomic mass is 79.9. The molecule has 0 aliphatic carbocycles. The average Bonchev–Trinajstić information content (AvgIpc) is 2.75. The molecule has 1 aliphatic heterocycles. The molecule has 1 amide bonds. The van der Waals surface area contributed by atoms with E-state index in [1.165, 1.54) is 4.91 Å². The first-order valence-electron chi connectivity index (χ1n) is 10.3. The lowest BCUT2D eigenvalue weighted by Crippen LogP contribution is -2.35. The van der Waals surface area contributed by atoms with Gasteiger partial charge in [-0.25, -0.2) is 0 Å². The summed E-state index contributed by atoms with van der Waals surface area (Å²) < 4.78 is 1.00. The number of amides is 1. The molecule has 1 rings (SSSR count). The predicted octanol–water partition coefficient (Wildman–Crippen LogP) is 7.43. The lowest BCUT2D eigenvalue weighted by molar-refractivity contribution is -0.114. The van der Waals surface area contributed by atoms with Crippen molar-refractivity contribution in [3.8, 4) is 0 Å². The molecule has 2 N–H and O–H groups in total. The highest BCUT2D eigenvalue weighted by Gasteiger charge is 2.29. The molecule has 32 heavy (non-hydrogen) atoms. The third kappa shape index (κ3) is 9.97. The molecule has 6 heteroatoms. The van der Waals surface area contributed by atoms with Crippen LogP contribution < -0.4 is 5.73 Å². The molecule has 0 atom stereocenters. The predicted molar refractivity (Wildman–Crippen MR) is 152 cm³/mol. The van der Waals surface area contributed by atoms with Crippen molar-refractivity contribution in [2.75, 3.05) is 24.7 Å². The number of rotatable bonds is 11. The van der Waals surface area contributed by atoms with E-state index in [0.717, 1.165) is 33.6 Å². The Kier molecular flexibility index (Phi) is 16.2. The number of carbonyl (C=O) groups is 1. The van der Waals surface area contributed by atoms with Gasteiger partial charge in [-0.2, -0.15) is 0 Å². The molecule has 0 fully saturated rings. The number of halogens is 2. The van der Waals surface area contributed by atoms with Gasteiger partial charge < -0.3 is 10.6 Å². The largest absolute Gasteiger partial charge is 0.366 e. The molecule has 0 aromatic carbocycles. The summed E-state index contributed by atoms with van der Waals surface area (Å²) in [6, 6.07) is 0. The molecular formula is C26H36Br2N2OS. The number of thioether (sulfide) groups is 1. The molecule has 0 bridgehead atoms. The van der Waals surface area contributed by atoms with Crippen molar-refractivity contribution < 1.29 is 4.79 Å². The summed E-state index contributed by atoms with van der Waals surface area (Å²) in [7, 11) is 0. The van der Waals surface area contributed by atoms with Crippen molar-refractivity contribution in [3.63, 3.8) is 0 Å². The van der Waals surface area contributed by atoms with E-state index in [1.807, 2.05) is 44.0 Å². The summed E-state index contributed by atoms with van der Waals surface area (Å²) in [4.78, 5) is 15.8. The van der Waals surface area contributed by atoms with Crippen molar-refractivity contribution in [1.82, 2.24) is 4.90 Å². The topological polar surface area (TPSA) is 46.3 Å². The Bertz CT molecular complexity index is 846. The van der Waals surface area contributed by atoms with Crippen molar-refractivity contribution >= 4 is 49.5 Å². The molecule has 3 nitrogen and oxygen atoms in total. The minimum Gasteiger partial charge on any atom is -0.366 e. The fourth-order valence-corrected chi connectivity index (χ4v) is 5.02. The molecule has 0 aromatic heterocycles. The minimum absolute atomic E-state index is 0.207. The number of allylic oxidation sites excluding steroid dienone is 8. The highest BCUT2D eigenvalue weighted by molar-refractivity contribution is 9.11. The molecule has 0 aromatic rings. The first kappa shape index (κ1) is 30.5. The summed E-state index contributed by atoms with van der Waals surface area (Å²) in [5, 5.41) is 0. The molecule has 0 saturated heterocycles. The van der Waals surface area contributed by atoms with E-state index in [1.54, 1.807) is 23.9 Å². The van der Waals surface area contributed by atoms with Gasteiger partial charge in [0.25, 0.3) is 5.91 Å². The minimum atomic E-state index is -0.370. The van der Waals surface area contributed by atoms with Crippen LogP contribution in [0.1, 0.15) is 27.7 Å². The van der Waals surface area contributed by atoms with Gasteiger partial charge in [-0.15, -0.1) is 11.8 Å². The Morgan fingerprint density at radius 2 is 1.91 bits per heavy atom. The van der Waals surface area contributed by atoms with E-state index in [2.05, 4.69) is 75.9 Å². The van der Waals surface area contributed by atoms with Crippen LogP contribution in [0.3, 0.4) is 0 Å². The van der Waals surface area contributed by atoms with Gasteiger partial charge in [-0.3, -0.25) is 4.79 Å². The van der Waals surface area contributed by atoms with E-state index >= 15 is 0 Å².